The van der Waals surface area contributed by atoms with E-state index >= 15 is 0 Å². The molecule has 25 heavy (non-hydrogen) atoms. The van der Waals surface area contributed by atoms with Gasteiger partial charge in [0.25, 0.3) is 0 Å². The highest BCUT2D eigenvalue weighted by atomic mass is 16.5. The third kappa shape index (κ3) is 4.07. The fourth-order valence-corrected chi connectivity index (χ4v) is 2.92. The van der Waals surface area contributed by atoms with Crippen LogP contribution in [0.4, 0.5) is 0 Å². The van der Waals surface area contributed by atoms with E-state index in [1.807, 2.05) is 42.5 Å². The Morgan fingerprint density at radius 2 is 1.96 bits per heavy atom. The Bertz CT molecular complexity index is 889. The van der Waals surface area contributed by atoms with Crippen molar-refractivity contribution >= 4 is 11.0 Å². The predicted molar refractivity (Wildman–Crippen MR) is 96.8 cm³/mol. The SMILES string of the molecule is COc1ccc2c(CNC(CCO)c3ccccc3)cc(=O)oc2c1. The van der Waals surface area contributed by atoms with Gasteiger partial charge in [-0.15, -0.1) is 0 Å². The fourth-order valence-electron chi connectivity index (χ4n) is 2.92. The van der Waals surface area contributed by atoms with Gasteiger partial charge in [0.1, 0.15) is 11.3 Å². The summed E-state index contributed by atoms with van der Waals surface area (Å²) < 4.78 is 10.5. The van der Waals surface area contributed by atoms with E-state index in [2.05, 4.69) is 5.32 Å². The molecule has 0 amide bonds. The summed E-state index contributed by atoms with van der Waals surface area (Å²) >= 11 is 0. The van der Waals surface area contributed by atoms with Crippen molar-refractivity contribution in [2.75, 3.05) is 13.7 Å². The number of benzene rings is 2. The Balaban J connectivity index is 1.87. The number of aliphatic hydroxyl groups excluding tert-OH is 1. The monoisotopic (exact) mass is 339 g/mol. The van der Waals surface area contributed by atoms with Gasteiger partial charge in [0.05, 0.1) is 7.11 Å². The summed E-state index contributed by atoms with van der Waals surface area (Å²) in [7, 11) is 1.57. The third-order valence-electron chi connectivity index (χ3n) is 4.20. The second kappa shape index (κ2) is 7.96. The lowest BCUT2D eigenvalue weighted by atomic mass is 10.0. The summed E-state index contributed by atoms with van der Waals surface area (Å²) in [6.07, 6.45) is 0.594. The summed E-state index contributed by atoms with van der Waals surface area (Å²) in [5, 5.41) is 13.6. The van der Waals surface area contributed by atoms with Crippen molar-refractivity contribution < 1.29 is 14.3 Å². The molecule has 130 valence electrons. The Hall–Kier alpha value is -2.63. The topological polar surface area (TPSA) is 71.7 Å². The molecule has 0 radical (unpaired) electrons. The first-order valence-corrected chi connectivity index (χ1v) is 8.21. The summed E-state index contributed by atoms with van der Waals surface area (Å²) in [5.74, 6) is 0.642. The molecule has 1 unspecified atom stereocenters. The first kappa shape index (κ1) is 17.2. The van der Waals surface area contributed by atoms with Crippen LogP contribution in [0, 0.1) is 0 Å². The summed E-state index contributed by atoms with van der Waals surface area (Å²) in [6, 6.07) is 16.9. The van der Waals surface area contributed by atoms with Crippen LogP contribution in [0.15, 0.2) is 63.8 Å². The average Bonchev–Trinajstić information content (AvgIpc) is 2.64. The van der Waals surface area contributed by atoms with Crippen LogP contribution in [-0.2, 0) is 6.54 Å². The normalized spacial score (nSPS) is 12.2. The van der Waals surface area contributed by atoms with Crippen molar-refractivity contribution in [1.82, 2.24) is 5.32 Å². The molecule has 0 fully saturated rings. The van der Waals surface area contributed by atoms with Crippen LogP contribution >= 0.6 is 0 Å². The number of ether oxygens (including phenoxy) is 1. The molecule has 1 heterocycles. The molecule has 1 aromatic heterocycles. The first-order valence-electron chi connectivity index (χ1n) is 8.21. The molecule has 1 atom stereocenters. The zero-order valence-corrected chi connectivity index (χ0v) is 14.1. The molecule has 2 N–H and O–H groups in total. The van der Waals surface area contributed by atoms with Crippen LogP contribution in [0.25, 0.3) is 11.0 Å². The van der Waals surface area contributed by atoms with E-state index in [0.717, 1.165) is 16.5 Å². The van der Waals surface area contributed by atoms with Crippen LogP contribution in [-0.4, -0.2) is 18.8 Å². The zero-order chi connectivity index (χ0) is 17.6. The standard InChI is InChI=1S/C20H21NO4/c1-24-16-7-8-17-15(11-20(23)25-19(17)12-16)13-21-18(9-10-22)14-5-3-2-4-6-14/h2-8,11-12,18,21-22H,9-10,13H2,1H3. The first-order chi connectivity index (χ1) is 12.2. The maximum atomic E-state index is 11.9. The third-order valence-corrected chi connectivity index (χ3v) is 4.20. The van der Waals surface area contributed by atoms with Gasteiger partial charge < -0.3 is 19.6 Å². The molecule has 0 saturated carbocycles. The van der Waals surface area contributed by atoms with Gasteiger partial charge in [0.2, 0.25) is 0 Å². The second-order valence-corrected chi connectivity index (χ2v) is 5.81. The smallest absolute Gasteiger partial charge is 0.336 e. The van der Waals surface area contributed by atoms with Gasteiger partial charge in [-0.1, -0.05) is 30.3 Å². The molecule has 0 saturated heterocycles. The van der Waals surface area contributed by atoms with E-state index < -0.39 is 5.63 Å². The van der Waals surface area contributed by atoms with Gasteiger partial charge in [0, 0.05) is 36.7 Å². The molecular weight excluding hydrogens is 318 g/mol. The molecule has 5 nitrogen and oxygen atoms in total. The molecule has 3 aromatic rings. The van der Waals surface area contributed by atoms with Crippen molar-refractivity contribution in [3.63, 3.8) is 0 Å². The van der Waals surface area contributed by atoms with E-state index in [1.54, 1.807) is 13.2 Å². The van der Waals surface area contributed by atoms with Crippen molar-refractivity contribution in [3.05, 3.63) is 76.1 Å². The fraction of sp³-hybridized carbons (Fsp3) is 0.250. The molecule has 0 aliphatic carbocycles. The lowest BCUT2D eigenvalue weighted by molar-refractivity contribution is 0.265. The molecule has 0 spiro atoms. The molecule has 2 aromatic carbocycles. The van der Waals surface area contributed by atoms with Crippen LogP contribution in [0.5, 0.6) is 5.75 Å². The quantitative estimate of drug-likeness (QED) is 0.648. The van der Waals surface area contributed by atoms with Gasteiger partial charge >= 0.3 is 5.63 Å². The molecule has 3 rings (SSSR count). The Labute approximate surface area is 145 Å². The Morgan fingerprint density at radius 1 is 1.16 bits per heavy atom. The molecule has 5 heteroatoms. The lowest BCUT2D eigenvalue weighted by Gasteiger charge is -2.19. The van der Waals surface area contributed by atoms with E-state index in [9.17, 15) is 9.90 Å². The van der Waals surface area contributed by atoms with Crippen LogP contribution in [0.2, 0.25) is 0 Å². The van der Waals surface area contributed by atoms with Crippen LogP contribution in [0.3, 0.4) is 0 Å². The van der Waals surface area contributed by atoms with E-state index in [-0.39, 0.29) is 12.6 Å². The van der Waals surface area contributed by atoms with Gasteiger partial charge in [-0.3, -0.25) is 0 Å². The molecular formula is C20H21NO4. The summed E-state index contributed by atoms with van der Waals surface area (Å²) in [4.78, 5) is 11.9. The zero-order valence-electron chi connectivity index (χ0n) is 14.1. The van der Waals surface area contributed by atoms with E-state index in [1.165, 1.54) is 6.07 Å². The van der Waals surface area contributed by atoms with Gasteiger partial charge in [0.15, 0.2) is 0 Å². The van der Waals surface area contributed by atoms with E-state index in [0.29, 0.717) is 24.3 Å². The number of fused-ring (bicyclic) bond motifs is 1. The van der Waals surface area contributed by atoms with Gasteiger partial charge in [-0.05, 0) is 29.7 Å². The largest absolute Gasteiger partial charge is 0.497 e. The van der Waals surface area contributed by atoms with Gasteiger partial charge in [-0.2, -0.15) is 0 Å². The van der Waals surface area contributed by atoms with Gasteiger partial charge in [-0.25, -0.2) is 4.79 Å². The molecule has 0 aliphatic heterocycles. The lowest BCUT2D eigenvalue weighted by Crippen LogP contribution is -2.22. The highest BCUT2D eigenvalue weighted by molar-refractivity contribution is 5.81. The average molecular weight is 339 g/mol. The molecule has 0 bridgehead atoms. The van der Waals surface area contributed by atoms with E-state index in [4.69, 9.17) is 9.15 Å². The number of rotatable bonds is 7. The number of hydrogen-bond donors (Lipinski definition) is 2. The highest BCUT2D eigenvalue weighted by Crippen LogP contribution is 2.23. The van der Waals surface area contributed by atoms with Crippen molar-refractivity contribution in [2.45, 2.75) is 19.0 Å². The highest BCUT2D eigenvalue weighted by Gasteiger charge is 2.12. The minimum Gasteiger partial charge on any atom is -0.497 e. The van der Waals surface area contributed by atoms with Crippen molar-refractivity contribution in [3.8, 4) is 5.75 Å². The minimum absolute atomic E-state index is 0.00625. The Kier molecular flexibility index (Phi) is 5.48. The maximum absolute atomic E-state index is 11.9. The number of aliphatic hydroxyl groups is 1. The van der Waals surface area contributed by atoms with Crippen molar-refractivity contribution in [1.29, 1.82) is 0 Å². The summed E-state index contributed by atoms with van der Waals surface area (Å²) in [6.45, 7) is 0.579. The number of methoxy groups -OCH3 is 1. The molecule has 0 aliphatic rings. The predicted octanol–water partition coefficient (Wildman–Crippen LogP) is 3.01. The Morgan fingerprint density at radius 3 is 2.68 bits per heavy atom. The minimum atomic E-state index is -0.393. The maximum Gasteiger partial charge on any atom is 0.336 e. The van der Waals surface area contributed by atoms with Crippen LogP contribution in [0.1, 0.15) is 23.6 Å². The van der Waals surface area contributed by atoms with Crippen LogP contribution < -0.4 is 15.7 Å². The number of nitrogens with one attached hydrogen (secondary N) is 1. The second-order valence-electron chi connectivity index (χ2n) is 5.81. The number of hydrogen-bond acceptors (Lipinski definition) is 5. The summed E-state index contributed by atoms with van der Waals surface area (Å²) in [5.41, 5.74) is 2.07. The van der Waals surface area contributed by atoms with Crippen molar-refractivity contribution in [2.24, 2.45) is 0 Å².